The highest BCUT2D eigenvalue weighted by molar-refractivity contribution is 5.36. The fourth-order valence-corrected chi connectivity index (χ4v) is 1.76. The van der Waals surface area contributed by atoms with Gasteiger partial charge in [0, 0.05) is 12.6 Å². The highest BCUT2D eigenvalue weighted by atomic mass is 19.1. The van der Waals surface area contributed by atoms with E-state index in [1.807, 2.05) is 6.07 Å². The number of halogens is 1. The molecule has 0 fully saturated rings. The van der Waals surface area contributed by atoms with E-state index in [9.17, 15) is 9.50 Å². The molecule has 0 radical (unpaired) electrons. The van der Waals surface area contributed by atoms with Gasteiger partial charge in [-0.1, -0.05) is 18.2 Å². The van der Waals surface area contributed by atoms with E-state index in [2.05, 4.69) is 10.3 Å². The van der Waals surface area contributed by atoms with Crippen molar-refractivity contribution in [1.82, 2.24) is 4.98 Å². The van der Waals surface area contributed by atoms with Gasteiger partial charge in [-0.3, -0.25) is 0 Å². The van der Waals surface area contributed by atoms with Crippen LogP contribution in [0, 0.1) is 5.82 Å². The van der Waals surface area contributed by atoms with E-state index in [1.54, 1.807) is 37.4 Å². The first-order chi connectivity index (χ1) is 8.55. The molecule has 0 spiro atoms. The van der Waals surface area contributed by atoms with E-state index in [-0.39, 0.29) is 5.82 Å². The van der Waals surface area contributed by atoms with Crippen LogP contribution in [0.3, 0.4) is 0 Å². The first kappa shape index (κ1) is 12.5. The van der Waals surface area contributed by atoms with Crippen LogP contribution in [0.25, 0.3) is 0 Å². The third-order valence-corrected chi connectivity index (χ3v) is 2.52. The molecular weight excluding hydrogens is 231 g/mol. The quantitative estimate of drug-likeness (QED) is 0.815. The molecule has 1 aromatic heterocycles. The van der Waals surface area contributed by atoms with Gasteiger partial charge in [0.1, 0.15) is 17.4 Å². The van der Waals surface area contributed by atoms with Crippen molar-refractivity contribution in [2.24, 2.45) is 0 Å². The van der Waals surface area contributed by atoms with Crippen molar-refractivity contribution >= 4 is 5.82 Å². The van der Waals surface area contributed by atoms with Gasteiger partial charge in [0.15, 0.2) is 0 Å². The molecule has 2 rings (SSSR count). The smallest absolute Gasteiger partial charge is 0.137 e. The van der Waals surface area contributed by atoms with Gasteiger partial charge >= 0.3 is 0 Å². The first-order valence-corrected chi connectivity index (χ1v) is 5.71. The Labute approximate surface area is 105 Å². The number of rotatable bonds is 4. The Balaban J connectivity index is 2.05. The van der Waals surface area contributed by atoms with E-state index < -0.39 is 5.72 Å². The molecule has 0 saturated heterocycles. The van der Waals surface area contributed by atoms with Crippen LogP contribution in [0.15, 0.2) is 48.7 Å². The molecule has 1 heterocycles. The Morgan fingerprint density at radius 3 is 2.56 bits per heavy atom. The summed E-state index contributed by atoms with van der Waals surface area (Å²) in [5, 5.41) is 13.2. The molecule has 1 aromatic carbocycles. The van der Waals surface area contributed by atoms with Gasteiger partial charge in [-0.15, -0.1) is 0 Å². The number of aromatic nitrogens is 1. The minimum Gasteiger partial charge on any atom is -0.371 e. The van der Waals surface area contributed by atoms with Crippen LogP contribution >= 0.6 is 0 Å². The number of anilines is 1. The van der Waals surface area contributed by atoms with Crippen LogP contribution in [0.2, 0.25) is 0 Å². The van der Waals surface area contributed by atoms with E-state index in [4.69, 9.17) is 0 Å². The number of nitrogens with zero attached hydrogens (tertiary/aromatic N) is 1. The zero-order valence-corrected chi connectivity index (χ0v) is 10.1. The molecule has 0 aliphatic rings. The number of hydrogen-bond donors (Lipinski definition) is 2. The summed E-state index contributed by atoms with van der Waals surface area (Å²) in [6.07, 6.45) is 2.01. The van der Waals surface area contributed by atoms with Crippen molar-refractivity contribution in [3.8, 4) is 0 Å². The Kier molecular flexibility index (Phi) is 3.58. The number of pyridine rings is 1. The van der Waals surface area contributed by atoms with Crippen LogP contribution in [0.1, 0.15) is 12.5 Å². The fraction of sp³-hybridized carbons (Fsp3) is 0.214. The zero-order valence-electron chi connectivity index (χ0n) is 10.1. The van der Waals surface area contributed by atoms with Crippen molar-refractivity contribution in [3.63, 3.8) is 0 Å². The summed E-state index contributed by atoms with van der Waals surface area (Å²) in [5.41, 5.74) is -0.281. The van der Waals surface area contributed by atoms with Crippen molar-refractivity contribution in [2.75, 3.05) is 5.32 Å². The lowest BCUT2D eigenvalue weighted by atomic mass is 10.0. The van der Waals surface area contributed by atoms with Crippen LogP contribution in [-0.2, 0) is 6.42 Å². The summed E-state index contributed by atoms with van der Waals surface area (Å²) in [5.74, 6) is 0.320. The molecule has 2 aromatic rings. The number of aliphatic hydroxyl groups is 1. The molecular formula is C14H15FN2O. The maximum absolute atomic E-state index is 12.8. The standard InChI is InChI=1S/C14H15FN2O/c1-14(18,17-13-4-2-3-9-16-13)10-11-5-7-12(15)8-6-11/h2-9,18H,10H2,1H3,(H,16,17). The van der Waals surface area contributed by atoms with Crippen molar-refractivity contribution in [2.45, 2.75) is 19.1 Å². The van der Waals surface area contributed by atoms with Crippen LogP contribution < -0.4 is 5.32 Å². The summed E-state index contributed by atoms with van der Waals surface area (Å²) in [6, 6.07) is 11.5. The molecule has 0 saturated carbocycles. The third-order valence-electron chi connectivity index (χ3n) is 2.52. The van der Waals surface area contributed by atoms with E-state index in [1.165, 1.54) is 12.1 Å². The highest BCUT2D eigenvalue weighted by Crippen LogP contribution is 2.16. The summed E-state index contributed by atoms with van der Waals surface area (Å²) in [7, 11) is 0. The molecule has 3 nitrogen and oxygen atoms in total. The second-order valence-corrected chi connectivity index (χ2v) is 4.42. The molecule has 18 heavy (non-hydrogen) atoms. The maximum Gasteiger partial charge on any atom is 0.137 e. The number of benzene rings is 1. The lowest BCUT2D eigenvalue weighted by Crippen LogP contribution is -2.37. The largest absolute Gasteiger partial charge is 0.371 e. The summed E-state index contributed by atoms with van der Waals surface area (Å²) in [6.45, 7) is 1.66. The van der Waals surface area contributed by atoms with Gasteiger partial charge in [-0.05, 0) is 36.8 Å². The molecule has 0 aliphatic carbocycles. The Hall–Kier alpha value is -1.94. The topological polar surface area (TPSA) is 45.1 Å². The lowest BCUT2D eigenvalue weighted by Gasteiger charge is -2.25. The van der Waals surface area contributed by atoms with E-state index in [0.29, 0.717) is 12.2 Å². The Morgan fingerprint density at radius 2 is 1.94 bits per heavy atom. The Bertz CT molecular complexity index is 497. The Morgan fingerprint density at radius 1 is 1.22 bits per heavy atom. The monoisotopic (exact) mass is 246 g/mol. The van der Waals surface area contributed by atoms with E-state index in [0.717, 1.165) is 5.56 Å². The molecule has 94 valence electrons. The zero-order chi connectivity index (χ0) is 13.0. The predicted octanol–water partition coefficient (Wildman–Crippen LogP) is 2.58. The average molecular weight is 246 g/mol. The molecule has 0 bridgehead atoms. The average Bonchev–Trinajstić information content (AvgIpc) is 2.32. The summed E-state index contributed by atoms with van der Waals surface area (Å²) >= 11 is 0. The highest BCUT2D eigenvalue weighted by Gasteiger charge is 2.20. The summed E-state index contributed by atoms with van der Waals surface area (Å²) < 4.78 is 12.8. The molecule has 2 N–H and O–H groups in total. The van der Waals surface area contributed by atoms with E-state index >= 15 is 0 Å². The number of nitrogens with one attached hydrogen (secondary N) is 1. The number of hydrogen-bond acceptors (Lipinski definition) is 3. The first-order valence-electron chi connectivity index (χ1n) is 5.71. The third kappa shape index (κ3) is 3.53. The van der Waals surface area contributed by atoms with Gasteiger partial charge in [-0.25, -0.2) is 9.37 Å². The molecule has 4 heteroatoms. The minimum atomic E-state index is -1.13. The van der Waals surface area contributed by atoms with Crippen molar-refractivity contribution < 1.29 is 9.50 Å². The fourth-order valence-electron chi connectivity index (χ4n) is 1.76. The van der Waals surface area contributed by atoms with Crippen LogP contribution in [-0.4, -0.2) is 15.8 Å². The maximum atomic E-state index is 12.8. The van der Waals surface area contributed by atoms with Gasteiger partial charge in [0.05, 0.1) is 0 Å². The van der Waals surface area contributed by atoms with Gasteiger partial charge in [0.2, 0.25) is 0 Å². The van der Waals surface area contributed by atoms with Gasteiger partial charge in [0.25, 0.3) is 0 Å². The van der Waals surface area contributed by atoms with Crippen LogP contribution in [0.4, 0.5) is 10.2 Å². The lowest BCUT2D eigenvalue weighted by molar-refractivity contribution is 0.0903. The second kappa shape index (κ2) is 5.14. The van der Waals surface area contributed by atoms with Crippen molar-refractivity contribution in [1.29, 1.82) is 0 Å². The molecule has 0 aliphatic heterocycles. The minimum absolute atomic E-state index is 0.281. The SMILES string of the molecule is CC(O)(Cc1ccc(F)cc1)Nc1ccccn1. The second-order valence-electron chi connectivity index (χ2n) is 4.42. The van der Waals surface area contributed by atoms with Crippen LogP contribution in [0.5, 0.6) is 0 Å². The molecule has 1 atom stereocenters. The van der Waals surface area contributed by atoms with Crippen molar-refractivity contribution in [3.05, 3.63) is 60.0 Å². The van der Waals surface area contributed by atoms with Gasteiger partial charge in [-0.2, -0.15) is 0 Å². The van der Waals surface area contributed by atoms with Gasteiger partial charge < -0.3 is 10.4 Å². The predicted molar refractivity (Wildman–Crippen MR) is 68.6 cm³/mol. The normalized spacial score (nSPS) is 13.9. The summed E-state index contributed by atoms with van der Waals surface area (Å²) in [4.78, 5) is 4.09. The molecule has 1 unspecified atom stereocenters. The molecule has 0 amide bonds.